The zero-order valence-corrected chi connectivity index (χ0v) is 14.0. The van der Waals surface area contributed by atoms with Crippen molar-refractivity contribution in [1.82, 2.24) is 19.7 Å². The normalized spacial score (nSPS) is 10.8. The molecular formula is C17H13N5O2S. The number of aromatic nitrogens is 4. The summed E-state index contributed by atoms with van der Waals surface area (Å²) in [5.41, 5.74) is 2.20. The summed E-state index contributed by atoms with van der Waals surface area (Å²) in [4.78, 5) is 20.7. The number of carbonyl (C=O) groups excluding carboxylic acids is 1. The van der Waals surface area contributed by atoms with Crippen LogP contribution < -0.4 is 10.1 Å². The molecule has 2 aromatic heterocycles. The second kappa shape index (κ2) is 6.33. The molecule has 0 aliphatic carbocycles. The fourth-order valence-corrected chi connectivity index (χ4v) is 3.25. The molecule has 4 rings (SSSR count). The standard InChI is InChI=1S/C17H13N5O2S/c1-24-13-6-7-14-15(8-13)25-17(20-14)21-16(23)11-2-4-12(5-3-11)22-10-18-9-19-22/h2-10H,1H3,(H,20,21,23). The van der Waals surface area contributed by atoms with E-state index in [-0.39, 0.29) is 5.91 Å². The SMILES string of the molecule is COc1ccc2nc(NC(=O)c3ccc(-n4cncn4)cc3)sc2c1. The number of amides is 1. The van der Waals surface area contributed by atoms with Crippen molar-refractivity contribution in [1.29, 1.82) is 0 Å². The van der Waals surface area contributed by atoms with Gasteiger partial charge in [0.05, 0.1) is 23.0 Å². The fraction of sp³-hybridized carbons (Fsp3) is 0.0588. The van der Waals surface area contributed by atoms with Crippen LogP contribution in [0.1, 0.15) is 10.4 Å². The van der Waals surface area contributed by atoms with Crippen LogP contribution >= 0.6 is 11.3 Å². The first-order valence-electron chi connectivity index (χ1n) is 7.44. The Labute approximate surface area is 146 Å². The van der Waals surface area contributed by atoms with Crippen molar-refractivity contribution in [2.24, 2.45) is 0 Å². The van der Waals surface area contributed by atoms with E-state index in [4.69, 9.17) is 4.74 Å². The van der Waals surface area contributed by atoms with Gasteiger partial charge in [0.15, 0.2) is 5.13 Å². The molecule has 25 heavy (non-hydrogen) atoms. The molecule has 0 fully saturated rings. The van der Waals surface area contributed by atoms with Gasteiger partial charge < -0.3 is 4.74 Å². The van der Waals surface area contributed by atoms with Gasteiger partial charge in [-0.15, -0.1) is 0 Å². The molecule has 0 saturated heterocycles. The number of hydrogen-bond donors (Lipinski definition) is 1. The van der Waals surface area contributed by atoms with Crippen LogP contribution in [0.3, 0.4) is 0 Å². The first kappa shape index (κ1) is 15.3. The summed E-state index contributed by atoms with van der Waals surface area (Å²) in [6, 6.07) is 12.7. The predicted octanol–water partition coefficient (Wildman–Crippen LogP) is 3.14. The van der Waals surface area contributed by atoms with Crippen molar-refractivity contribution in [2.75, 3.05) is 12.4 Å². The van der Waals surface area contributed by atoms with Crippen LogP contribution in [-0.2, 0) is 0 Å². The molecule has 7 nitrogen and oxygen atoms in total. The van der Waals surface area contributed by atoms with Crippen molar-refractivity contribution in [3.05, 3.63) is 60.7 Å². The van der Waals surface area contributed by atoms with Crippen molar-refractivity contribution in [2.45, 2.75) is 0 Å². The van der Waals surface area contributed by atoms with E-state index in [2.05, 4.69) is 20.4 Å². The van der Waals surface area contributed by atoms with E-state index in [0.717, 1.165) is 21.7 Å². The maximum atomic E-state index is 12.4. The van der Waals surface area contributed by atoms with Crippen LogP contribution in [0, 0.1) is 0 Å². The first-order chi connectivity index (χ1) is 12.2. The van der Waals surface area contributed by atoms with E-state index in [1.807, 2.05) is 30.3 Å². The quantitative estimate of drug-likeness (QED) is 0.611. The minimum Gasteiger partial charge on any atom is -0.497 e. The first-order valence-corrected chi connectivity index (χ1v) is 8.25. The van der Waals surface area contributed by atoms with Crippen LogP contribution in [0.4, 0.5) is 5.13 Å². The molecule has 124 valence electrons. The van der Waals surface area contributed by atoms with Crippen LogP contribution in [0.15, 0.2) is 55.1 Å². The Kier molecular flexibility index (Phi) is 3.87. The smallest absolute Gasteiger partial charge is 0.257 e. The van der Waals surface area contributed by atoms with Gasteiger partial charge in [0, 0.05) is 5.56 Å². The summed E-state index contributed by atoms with van der Waals surface area (Å²) in [5, 5.41) is 7.44. The molecule has 0 aliphatic rings. The lowest BCUT2D eigenvalue weighted by atomic mass is 10.2. The summed E-state index contributed by atoms with van der Waals surface area (Å²) >= 11 is 1.41. The number of thiazole rings is 1. The molecule has 2 aromatic carbocycles. The minimum atomic E-state index is -0.212. The Hall–Kier alpha value is -3.26. The Bertz CT molecular complexity index is 1030. The maximum Gasteiger partial charge on any atom is 0.257 e. The van der Waals surface area contributed by atoms with Crippen LogP contribution in [0.5, 0.6) is 5.75 Å². The molecule has 0 bridgehead atoms. The van der Waals surface area contributed by atoms with Crippen LogP contribution in [0.2, 0.25) is 0 Å². The fourth-order valence-electron chi connectivity index (χ4n) is 2.36. The Morgan fingerprint density at radius 1 is 1.20 bits per heavy atom. The summed E-state index contributed by atoms with van der Waals surface area (Å²) in [5.74, 6) is 0.550. The van der Waals surface area contributed by atoms with Gasteiger partial charge in [0.2, 0.25) is 0 Å². The molecule has 0 aliphatic heterocycles. The number of carbonyl (C=O) groups is 1. The monoisotopic (exact) mass is 351 g/mol. The van der Waals surface area contributed by atoms with Gasteiger partial charge in [-0.1, -0.05) is 11.3 Å². The van der Waals surface area contributed by atoms with E-state index < -0.39 is 0 Å². The van der Waals surface area contributed by atoms with E-state index in [9.17, 15) is 4.79 Å². The highest BCUT2D eigenvalue weighted by molar-refractivity contribution is 7.22. The van der Waals surface area contributed by atoms with Gasteiger partial charge in [-0.25, -0.2) is 14.6 Å². The molecule has 0 atom stereocenters. The van der Waals surface area contributed by atoms with Gasteiger partial charge >= 0.3 is 0 Å². The van der Waals surface area contributed by atoms with E-state index in [1.165, 1.54) is 17.7 Å². The highest BCUT2D eigenvalue weighted by atomic mass is 32.1. The van der Waals surface area contributed by atoms with E-state index in [0.29, 0.717) is 10.7 Å². The molecule has 1 amide bonds. The number of rotatable bonds is 4. The lowest BCUT2D eigenvalue weighted by Crippen LogP contribution is -2.11. The third-order valence-corrected chi connectivity index (χ3v) is 4.56. The lowest BCUT2D eigenvalue weighted by Gasteiger charge is -2.03. The second-order valence-corrected chi connectivity index (χ2v) is 6.22. The Balaban J connectivity index is 1.53. The number of methoxy groups -OCH3 is 1. The largest absolute Gasteiger partial charge is 0.497 e. The number of anilines is 1. The average Bonchev–Trinajstić information content (AvgIpc) is 3.30. The zero-order valence-electron chi connectivity index (χ0n) is 13.2. The summed E-state index contributed by atoms with van der Waals surface area (Å²) in [7, 11) is 1.62. The number of nitrogens with zero attached hydrogens (tertiary/aromatic N) is 4. The minimum absolute atomic E-state index is 0.212. The van der Waals surface area contributed by atoms with Gasteiger partial charge in [0.1, 0.15) is 18.4 Å². The summed E-state index contributed by atoms with van der Waals surface area (Å²) in [6.07, 6.45) is 3.06. The molecule has 2 heterocycles. The highest BCUT2D eigenvalue weighted by Gasteiger charge is 2.11. The van der Waals surface area contributed by atoms with Crippen molar-refractivity contribution < 1.29 is 9.53 Å². The number of nitrogens with one attached hydrogen (secondary N) is 1. The molecule has 0 unspecified atom stereocenters. The van der Waals surface area contributed by atoms with Gasteiger partial charge in [-0.3, -0.25) is 10.1 Å². The molecule has 1 N–H and O–H groups in total. The van der Waals surface area contributed by atoms with Crippen molar-refractivity contribution in [3.8, 4) is 11.4 Å². The van der Waals surface area contributed by atoms with Crippen LogP contribution in [-0.4, -0.2) is 32.8 Å². The van der Waals surface area contributed by atoms with E-state index in [1.54, 1.807) is 30.3 Å². The van der Waals surface area contributed by atoms with Crippen molar-refractivity contribution in [3.63, 3.8) is 0 Å². The number of hydrogen-bond acceptors (Lipinski definition) is 6. The third-order valence-electron chi connectivity index (χ3n) is 3.63. The topological polar surface area (TPSA) is 81.9 Å². The highest BCUT2D eigenvalue weighted by Crippen LogP contribution is 2.29. The van der Waals surface area contributed by atoms with Gasteiger partial charge in [-0.05, 0) is 42.5 Å². The van der Waals surface area contributed by atoms with Crippen molar-refractivity contribution >= 4 is 32.6 Å². The number of benzene rings is 2. The molecule has 0 radical (unpaired) electrons. The summed E-state index contributed by atoms with van der Waals surface area (Å²) in [6.45, 7) is 0. The molecular weight excluding hydrogens is 338 g/mol. The lowest BCUT2D eigenvalue weighted by molar-refractivity contribution is 0.102. The Morgan fingerprint density at radius 3 is 2.76 bits per heavy atom. The predicted molar refractivity (Wildman–Crippen MR) is 95.5 cm³/mol. The van der Waals surface area contributed by atoms with E-state index >= 15 is 0 Å². The molecule has 0 spiro atoms. The molecule has 4 aromatic rings. The number of ether oxygens (including phenoxy) is 1. The zero-order chi connectivity index (χ0) is 17.2. The third kappa shape index (κ3) is 3.07. The second-order valence-electron chi connectivity index (χ2n) is 5.19. The number of fused-ring (bicyclic) bond motifs is 1. The Morgan fingerprint density at radius 2 is 2.04 bits per heavy atom. The average molecular weight is 351 g/mol. The van der Waals surface area contributed by atoms with Gasteiger partial charge in [-0.2, -0.15) is 5.10 Å². The van der Waals surface area contributed by atoms with Gasteiger partial charge in [0.25, 0.3) is 5.91 Å². The molecule has 8 heteroatoms. The van der Waals surface area contributed by atoms with Crippen LogP contribution in [0.25, 0.3) is 15.9 Å². The summed E-state index contributed by atoms with van der Waals surface area (Å²) < 4.78 is 7.79. The maximum absolute atomic E-state index is 12.4. The molecule has 0 saturated carbocycles.